The number of nitrogens with zero attached hydrogens (tertiary/aromatic N) is 2. The van der Waals surface area contributed by atoms with Crippen LogP contribution in [0.3, 0.4) is 0 Å². The van der Waals surface area contributed by atoms with Crippen LogP contribution < -0.4 is 10.1 Å². The van der Waals surface area contributed by atoms with Crippen LogP contribution in [-0.4, -0.2) is 22.9 Å². The number of hydrogen-bond acceptors (Lipinski definition) is 4. The van der Waals surface area contributed by atoms with Gasteiger partial charge in [0.05, 0.1) is 6.04 Å². The molecule has 4 nitrogen and oxygen atoms in total. The van der Waals surface area contributed by atoms with E-state index < -0.39 is 6.36 Å². The van der Waals surface area contributed by atoms with E-state index >= 15 is 0 Å². The van der Waals surface area contributed by atoms with E-state index in [-0.39, 0.29) is 11.8 Å². The van der Waals surface area contributed by atoms with Gasteiger partial charge in [-0.3, -0.25) is 0 Å². The number of alkyl halides is 3. The Morgan fingerprint density at radius 3 is 2.52 bits per heavy atom. The molecule has 2 rings (SSSR count). The fourth-order valence-corrected chi connectivity index (χ4v) is 1.98. The minimum absolute atomic E-state index is 0.250. The number of aromatic nitrogens is 2. The quantitative estimate of drug-likeness (QED) is 0.921. The highest BCUT2D eigenvalue weighted by Crippen LogP contribution is 2.27. The second kappa shape index (κ2) is 6.53. The third kappa shape index (κ3) is 4.42. The first-order chi connectivity index (χ1) is 9.99. The minimum Gasteiger partial charge on any atom is -0.406 e. The average Bonchev–Trinajstić information content (AvgIpc) is 2.44. The zero-order valence-electron chi connectivity index (χ0n) is 11.3. The van der Waals surface area contributed by atoms with E-state index in [1.54, 1.807) is 18.5 Å². The molecule has 1 unspecified atom stereocenters. The molecule has 0 fully saturated rings. The largest absolute Gasteiger partial charge is 0.573 e. The lowest BCUT2D eigenvalue weighted by atomic mass is 10.0. The van der Waals surface area contributed by atoms with Crippen LogP contribution in [0.2, 0.25) is 0 Å². The molecule has 0 spiro atoms. The Hall–Kier alpha value is -2.15. The van der Waals surface area contributed by atoms with Crippen molar-refractivity contribution in [3.05, 3.63) is 54.1 Å². The fraction of sp³-hybridized carbons (Fsp3) is 0.286. The van der Waals surface area contributed by atoms with Crippen molar-refractivity contribution < 1.29 is 17.9 Å². The van der Waals surface area contributed by atoms with Gasteiger partial charge in [-0.2, -0.15) is 0 Å². The molecule has 1 aromatic carbocycles. The van der Waals surface area contributed by atoms with Gasteiger partial charge >= 0.3 is 6.36 Å². The van der Waals surface area contributed by atoms with Gasteiger partial charge in [0.25, 0.3) is 0 Å². The van der Waals surface area contributed by atoms with Crippen molar-refractivity contribution in [2.24, 2.45) is 0 Å². The molecule has 0 aliphatic heterocycles. The van der Waals surface area contributed by atoms with E-state index in [1.807, 2.05) is 6.92 Å². The Morgan fingerprint density at radius 1 is 1.19 bits per heavy atom. The highest BCUT2D eigenvalue weighted by Gasteiger charge is 2.31. The summed E-state index contributed by atoms with van der Waals surface area (Å²) in [5, 5.41) is 3.19. The molecule has 1 heterocycles. The summed E-state index contributed by atoms with van der Waals surface area (Å²) in [6.07, 6.45) is -0.0624. The molecule has 1 atom stereocenters. The van der Waals surface area contributed by atoms with E-state index in [0.717, 1.165) is 5.56 Å². The molecule has 112 valence electrons. The highest BCUT2D eigenvalue weighted by atomic mass is 19.4. The molecule has 0 saturated heterocycles. The molecular formula is C14H14F3N3O. The number of rotatable bonds is 5. The molecule has 2 aromatic rings. The maximum absolute atomic E-state index is 12.3. The van der Waals surface area contributed by atoms with Gasteiger partial charge in [-0.1, -0.05) is 19.1 Å². The first-order valence-electron chi connectivity index (χ1n) is 6.33. The van der Waals surface area contributed by atoms with Crippen molar-refractivity contribution in [2.45, 2.75) is 19.3 Å². The van der Waals surface area contributed by atoms with Crippen molar-refractivity contribution in [1.82, 2.24) is 15.3 Å². The summed E-state index contributed by atoms with van der Waals surface area (Å²) in [5.74, 6) is -0.250. The normalized spacial score (nSPS) is 13.0. The number of halogens is 3. The second-order valence-electron chi connectivity index (χ2n) is 4.28. The van der Waals surface area contributed by atoms with Gasteiger partial charge in [0.15, 0.2) is 0 Å². The van der Waals surface area contributed by atoms with Crippen molar-refractivity contribution in [1.29, 1.82) is 0 Å². The van der Waals surface area contributed by atoms with E-state index in [4.69, 9.17) is 0 Å². The van der Waals surface area contributed by atoms with E-state index in [9.17, 15) is 13.2 Å². The lowest BCUT2D eigenvalue weighted by molar-refractivity contribution is -0.274. The Balaban J connectivity index is 2.31. The Labute approximate surface area is 120 Å². The Morgan fingerprint density at radius 2 is 1.90 bits per heavy atom. The molecule has 7 heteroatoms. The second-order valence-corrected chi connectivity index (χ2v) is 4.28. The number of nitrogens with one attached hydrogen (secondary N) is 1. The van der Waals surface area contributed by atoms with Gasteiger partial charge in [-0.25, -0.2) is 9.97 Å². The first-order valence-corrected chi connectivity index (χ1v) is 6.33. The van der Waals surface area contributed by atoms with Crippen molar-refractivity contribution in [2.75, 3.05) is 6.54 Å². The number of ether oxygens (including phenoxy) is 1. The number of hydrogen-bond donors (Lipinski definition) is 1. The molecular weight excluding hydrogens is 283 g/mol. The summed E-state index contributed by atoms with van der Waals surface area (Å²) in [6, 6.07) is 5.57. The van der Waals surface area contributed by atoms with Crippen molar-refractivity contribution in [3.8, 4) is 5.75 Å². The monoisotopic (exact) mass is 297 g/mol. The molecule has 0 radical (unpaired) electrons. The third-order valence-electron chi connectivity index (χ3n) is 2.75. The van der Waals surface area contributed by atoms with Gasteiger partial charge in [-0.15, -0.1) is 13.2 Å². The SMILES string of the molecule is CCNC(c1cncnc1)c1cccc(OC(F)(F)F)c1. The molecule has 0 bridgehead atoms. The van der Waals surface area contributed by atoms with Gasteiger partial charge in [0.1, 0.15) is 12.1 Å². The minimum atomic E-state index is -4.71. The van der Waals surface area contributed by atoms with Crippen LogP contribution >= 0.6 is 0 Å². The summed E-state index contributed by atoms with van der Waals surface area (Å²) in [6.45, 7) is 2.55. The third-order valence-corrected chi connectivity index (χ3v) is 2.75. The van der Waals surface area contributed by atoms with Crippen LogP contribution in [0, 0.1) is 0 Å². The predicted molar refractivity (Wildman–Crippen MR) is 70.7 cm³/mol. The van der Waals surface area contributed by atoms with Gasteiger partial charge < -0.3 is 10.1 Å². The van der Waals surface area contributed by atoms with Gasteiger partial charge in [-0.05, 0) is 24.2 Å². The summed E-state index contributed by atoms with van der Waals surface area (Å²) in [4.78, 5) is 7.87. The van der Waals surface area contributed by atoms with Crippen LogP contribution in [0.25, 0.3) is 0 Å². The summed E-state index contributed by atoms with van der Waals surface area (Å²) in [5.41, 5.74) is 1.41. The van der Waals surface area contributed by atoms with Crippen LogP contribution in [0.5, 0.6) is 5.75 Å². The lowest BCUT2D eigenvalue weighted by Crippen LogP contribution is -2.23. The van der Waals surface area contributed by atoms with Gasteiger partial charge in [0.2, 0.25) is 0 Å². The van der Waals surface area contributed by atoms with Gasteiger partial charge in [0, 0.05) is 18.0 Å². The molecule has 0 aliphatic rings. The average molecular weight is 297 g/mol. The summed E-state index contributed by atoms with van der Waals surface area (Å²) in [7, 11) is 0. The highest BCUT2D eigenvalue weighted by molar-refractivity contribution is 5.35. The smallest absolute Gasteiger partial charge is 0.406 e. The van der Waals surface area contributed by atoms with Crippen LogP contribution in [-0.2, 0) is 0 Å². The predicted octanol–water partition coefficient (Wildman–Crippen LogP) is 3.07. The Bertz CT molecular complexity index is 575. The van der Waals surface area contributed by atoms with E-state index in [0.29, 0.717) is 12.1 Å². The van der Waals surface area contributed by atoms with Crippen LogP contribution in [0.1, 0.15) is 24.1 Å². The molecule has 0 amide bonds. The standard InChI is InChI=1S/C14H14F3N3O/c1-2-20-13(11-7-18-9-19-8-11)10-4-3-5-12(6-10)21-14(15,16)17/h3-9,13,20H,2H2,1H3. The summed E-state index contributed by atoms with van der Waals surface area (Å²) < 4.78 is 40.8. The lowest BCUT2D eigenvalue weighted by Gasteiger charge is -2.19. The fourth-order valence-electron chi connectivity index (χ4n) is 1.98. The molecule has 0 aliphatic carbocycles. The molecule has 1 N–H and O–H groups in total. The topological polar surface area (TPSA) is 47.0 Å². The maximum Gasteiger partial charge on any atom is 0.573 e. The Kier molecular flexibility index (Phi) is 4.74. The van der Waals surface area contributed by atoms with Crippen molar-refractivity contribution >= 4 is 0 Å². The van der Waals surface area contributed by atoms with E-state index in [1.165, 1.54) is 24.5 Å². The molecule has 1 aromatic heterocycles. The van der Waals surface area contributed by atoms with Crippen LogP contribution in [0.15, 0.2) is 43.0 Å². The van der Waals surface area contributed by atoms with Crippen LogP contribution in [0.4, 0.5) is 13.2 Å². The zero-order valence-corrected chi connectivity index (χ0v) is 11.3. The summed E-state index contributed by atoms with van der Waals surface area (Å²) >= 11 is 0. The maximum atomic E-state index is 12.3. The van der Waals surface area contributed by atoms with E-state index in [2.05, 4.69) is 20.0 Å². The zero-order chi connectivity index (χ0) is 15.3. The number of benzene rings is 1. The molecule has 21 heavy (non-hydrogen) atoms. The van der Waals surface area contributed by atoms with Crippen molar-refractivity contribution in [3.63, 3.8) is 0 Å². The first kappa shape index (κ1) is 15.2. The molecule has 0 saturated carbocycles.